The van der Waals surface area contributed by atoms with Gasteiger partial charge in [-0.05, 0) is 29.9 Å². The van der Waals surface area contributed by atoms with Gasteiger partial charge in [-0.1, -0.05) is 6.42 Å². The van der Waals surface area contributed by atoms with E-state index in [2.05, 4.69) is 9.37 Å². The monoisotopic (exact) mass is 214 g/mol. The van der Waals surface area contributed by atoms with Crippen LogP contribution >= 0.6 is 10.7 Å². The summed E-state index contributed by atoms with van der Waals surface area (Å²) in [5.41, 5.74) is 0. The first-order valence-electron chi connectivity index (χ1n) is 3.87. The Morgan fingerprint density at radius 1 is 1.33 bits per heavy atom. The van der Waals surface area contributed by atoms with Gasteiger partial charge in [-0.3, -0.25) is 0 Å². The van der Waals surface area contributed by atoms with Gasteiger partial charge in [-0.25, -0.2) is 5.04 Å². The average molecular weight is 215 g/mol. The van der Waals surface area contributed by atoms with Crippen molar-refractivity contribution in [1.82, 2.24) is 0 Å². The number of halogens is 1. The van der Waals surface area contributed by atoms with Crippen molar-refractivity contribution in [3.8, 4) is 0 Å². The van der Waals surface area contributed by atoms with Gasteiger partial charge in [-0.15, -0.1) is 0 Å². The summed E-state index contributed by atoms with van der Waals surface area (Å²) in [5, 5.41) is 12.5. The summed E-state index contributed by atoms with van der Waals surface area (Å²) < 4.78 is 15.4. The van der Waals surface area contributed by atoms with E-state index in [9.17, 15) is 9.47 Å². The highest BCUT2D eigenvalue weighted by Crippen LogP contribution is 2.32. The number of hydrogen-bond acceptors (Lipinski definition) is 4. The zero-order valence-corrected chi connectivity index (χ0v) is 8.10. The van der Waals surface area contributed by atoms with E-state index in [1.807, 2.05) is 0 Å². The first-order chi connectivity index (χ1) is 5.67. The van der Waals surface area contributed by atoms with E-state index < -0.39 is 9.43 Å². The van der Waals surface area contributed by atoms with Crippen LogP contribution in [0.2, 0.25) is 0 Å². The van der Waals surface area contributed by atoms with Crippen LogP contribution in [0.15, 0.2) is 0 Å². The van der Waals surface area contributed by atoms with Crippen molar-refractivity contribution in [2.75, 3.05) is 0 Å². The molecule has 1 aliphatic carbocycles. The predicted octanol–water partition coefficient (Wildman–Crippen LogP) is 1.11. The minimum absolute atomic E-state index is 0.234. The lowest BCUT2D eigenvalue weighted by Crippen LogP contribution is -2.28. The average Bonchev–Trinajstić information content (AvgIpc) is 2.06. The quantitative estimate of drug-likeness (QED) is 0.306. The van der Waals surface area contributed by atoms with Crippen molar-refractivity contribution in [2.24, 2.45) is 0 Å². The maximum absolute atomic E-state index is 11.4. The first kappa shape index (κ1) is 10.4. The molecule has 72 valence electrons. The second kappa shape index (κ2) is 4.53. The molecule has 1 saturated carbocycles. The van der Waals surface area contributed by atoms with E-state index in [0.717, 1.165) is 32.1 Å². The minimum Gasteiger partial charge on any atom is -0.688 e. The fraction of sp³-hybridized carbons (Fsp3) is 1.00. The van der Waals surface area contributed by atoms with E-state index >= 15 is 0 Å². The molecule has 0 heterocycles. The maximum Gasteiger partial charge on any atom is 0.353 e. The summed E-state index contributed by atoms with van der Waals surface area (Å²) in [6, 6.07) is 0. The van der Waals surface area contributed by atoms with Gasteiger partial charge < -0.3 is 5.26 Å². The van der Waals surface area contributed by atoms with Crippen LogP contribution in [0.4, 0.5) is 0 Å². The van der Waals surface area contributed by atoms with Gasteiger partial charge >= 0.3 is 9.43 Å². The van der Waals surface area contributed by atoms with Crippen molar-refractivity contribution in [3.63, 3.8) is 0 Å². The molecule has 1 rings (SSSR count). The molecule has 0 aromatic heterocycles. The first-order valence-corrected chi connectivity index (χ1v) is 6.25. The predicted molar refractivity (Wildman–Crippen MR) is 42.9 cm³/mol. The molecule has 0 bridgehead atoms. The third-order valence-corrected chi connectivity index (χ3v) is 4.49. The van der Waals surface area contributed by atoms with Crippen LogP contribution in [-0.4, -0.2) is 5.25 Å². The van der Waals surface area contributed by atoms with Gasteiger partial charge in [0.25, 0.3) is 0 Å². The molecular formula is C6H11ClO4S. The molecule has 0 saturated heterocycles. The standard InChI is InChI=1S/C6H11ClO4S/c7-12(9,11-10-8)6-4-2-1-3-5-6/h6H,1-5H2. The van der Waals surface area contributed by atoms with Crippen LogP contribution in [0, 0.1) is 0 Å². The lowest BCUT2D eigenvalue weighted by Gasteiger charge is -2.18. The highest BCUT2D eigenvalue weighted by atomic mass is 35.7. The smallest absolute Gasteiger partial charge is 0.353 e. The van der Waals surface area contributed by atoms with Crippen molar-refractivity contribution >= 4 is 20.1 Å². The summed E-state index contributed by atoms with van der Waals surface area (Å²) in [5.74, 6) is 0. The second-order valence-corrected chi connectivity index (χ2v) is 5.92. The summed E-state index contributed by atoms with van der Waals surface area (Å²) in [7, 11) is 2.45. The molecule has 0 aromatic rings. The Bertz CT molecular complexity index is 180. The molecule has 1 unspecified atom stereocenters. The Labute approximate surface area is 76.8 Å². The zero-order valence-electron chi connectivity index (χ0n) is 6.53. The van der Waals surface area contributed by atoms with Crippen LogP contribution in [0.3, 0.4) is 0 Å². The van der Waals surface area contributed by atoms with Gasteiger partial charge in [0.2, 0.25) is 10.7 Å². The molecule has 0 amide bonds. The normalized spacial score (nSPS) is 25.2. The third kappa shape index (κ3) is 2.67. The Hall–Kier alpha value is 0.320. The Kier molecular flexibility index (Phi) is 3.92. The molecule has 0 aliphatic heterocycles. The van der Waals surface area contributed by atoms with Crippen LogP contribution in [0.1, 0.15) is 32.1 Å². The molecule has 1 aliphatic rings. The SMILES string of the molecule is O=[S+](Cl)(OO[O-])C1CCCCC1. The van der Waals surface area contributed by atoms with E-state index in [4.69, 9.17) is 10.7 Å². The Balaban J connectivity index is 2.48. The van der Waals surface area contributed by atoms with Crippen LogP contribution < -0.4 is 5.26 Å². The topological polar surface area (TPSA) is 58.6 Å². The Morgan fingerprint density at radius 3 is 2.42 bits per heavy atom. The van der Waals surface area contributed by atoms with Crippen molar-refractivity contribution in [2.45, 2.75) is 37.4 Å². The molecule has 6 heteroatoms. The maximum atomic E-state index is 11.4. The molecule has 1 atom stereocenters. The zero-order chi connectivity index (χ0) is 9.03. The summed E-state index contributed by atoms with van der Waals surface area (Å²) in [6.45, 7) is 0. The van der Waals surface area contributed by atoms with Gasteiger partial charge in [0, 0.05) is 4.33 Å². The highest BCUT2D eigenvalue weighted by Gasteiger charge is 2.41. The number of hydrogen-bond donors (Lipinski definition) is 0. The minimum atomic E-state index is -3.05. The van der Waals surface area contributed by atoms with Gasteiger partial charge in [0.05, 0.1) is 0 Å². The third-order valence-electron chi connectivity index (χ3n) is 2.07. The molecule has 0 radical (unpaired) electrons. The molecule has 0 N–H and O–H groups in total. The van der Waals surface area contributed by atoms with E-state index in [0.29, 0.717) is 0 Å². The summed E-state index contributed by atoms with van der Waals surface area (Å²) in [4.78, 5) is 0. The molecular weight excluding hydrogens is 204 g/mol. The Morgan fingerprint density at radius 2 is 1.92 bits per heavy atom. The molecule has 4 nitrogen and oxygen atoms in total. The van der Waals surface area contributed by atoms with Crippen LogP contribution in [0.5, 0.6) is 0 Å². The summed E-state index contributed by atoms with van der Waals surface area (Å²) >= 11 is 0. The molecule has 1 fully saturated rings. The van der Waals surface area contributed by atoms with Gasteiger partial charge in [0.1, 0.15) is 0 Å². The van der Waals surface area contributed by atoms with Gasteiger partial charge in [0.15, 0.2) is 5.25 Å². The van der Waals surface area contributed by atoms with Crippen LogP contribution in [0.25, 0.3) is 0 Å². The fourth-order valence-corrected chi connectivity index (χ4v) is 3.12. The van der Waals surface area contributed by atoms with Crippen molar-refractivity contribution in [1.29, 1.82) is 0 Å². The van der Waals surface area contributed by atoms with E-state index in [1.165, 1.54) is 0 Å². The largest absolute Gasteiger partial charge is 0.688 e. The second-order valence-electron chi connectivity index (χ2n) is 2.87. The molecule has 0 aromatic carbocycles. The van der Waals surface area contributed by atoms with Crippen LogP contribution in [-0.2, 0) is 23.0 Å². The van der Waals surface area contributed by atoms with E-state index in [1.54, 1.807) is 0 Å². The highest BCUT2D eigenvalue weighted by molar-refractivity contribution is 8.20. The van der Waals surface area contributed by atoms with E-state index in [-0.39, 0.29) is 5.25 Å². The van der Waals surface area contributed by atoms with Crippen molar-refractivity contribution < 1.29 is 18.8 Å². The molecule has 0 spiro atoms. The number of rotatable bonds is 3. The lowest BCUT2D eigenvalue weighted by atomic mass is 10.0. The van der Waals surface area contributed by atoms with Crippen molar-refractivity contribution in [3.05, 3.63) is 0 Å². The molecule has 12 heavy (non-hydrogen) atoms. The fourth-order valence-electron chi connectivity index (χ4n) is 1.44. The lowest BCUT2D eigenvalue weighted by molar-refractivity contribution is -0.778. The summed E-state index contributed by atoms with van der Waals surface area (Å²) in [6.07, 6.45) is 4.58. The van der Waals surface area contributed by atoms with Gasteiger partial charge in [-0.2, -0.15) is 0 Å².